The van der Waals surface area contributed by atoms with E-state index in [2.05, 4.69) is 0 Å². The Morgan fingerprint density at radius 3 is 2.47 bits per heavy atom. The van der Waals surface area contributed by atoms with Crippen molar-refractivity contribution < 1.29 is 17.8 Å². The van der Waals surface area contributed by atoms with Crippen LogP contribution in [0.1, 0.15) is 24.5 Å². The Balaban J connectivity index is 0.000000686. The fraction of sp³-hybridized carbons (Fsp3) is 0.250. The number of carbonyl (C=O) groups is 1. The molecule has 0 amide bonds. The maximum Gasteiger partial charge on any atom is 0.274 e. The lowest BCUT2D eigenvalue weighted by molar-refractivity contribution is -0.0979. The van der Waals surface area contributed by atoms with Gasteiger partial charge in [-0.1, -0.05) is 36.4 Å². The third-order valence-electron chi connectivity index (χ3n) is 2.90. The molecule has 1 N–H and O–H groups in total. The van der Waals surface area contributed by atoms with E-state index >= 15 is 0 Å². The molecule has 1 aromatic carbocycles. The number of benzene rings is 1. The van der Waals surface area contributed by atoms with E-state index in [0.29, 0.717) is 12.0 Å². The molecule has 92 valence electrons. The first-order valence-electron chi connectivity index (χ1n) is 4.97. The summed E-state index contributed by atoms with van der Waals surface area (Å²) in [5.41, 5.74) is 1.51. The zero-order valence-electron chi connectivity index (χ0n) is 9.46. The van der Waals surface area contributed by atoms with Crippen LogP contribution in [-0.4, -0.2) is 19.8 Å². The molecule has 4 nitrogen and oxygen atoms in total. The van der Waals surface area contributed by atoms with Gasteiger partial charge in [-0.2, -0.15) is 8.42 Å². The topological polar surface area (TPSA) is 71.4 Å². The number of hydrogen-bond acceptors (Lipinski definition) is 3. The molecule has 0 aliphatic heterocycles. The number of hydrogen-bond donors (Lipinski definition) is 1. The van der Waals surface area contributed by atoms with Crippen LogP contribution < -0.4 is 0 Å². The van der Waals surface area contributed by atoms with E-state index in [-0.39, 0.29) is 0 Å². The lowest BCUT2D eigenvalue weighted by Crippen LogP contribution is -2.33. The summed E-state index contributed by atoms with van der Waals surface area (Å²) in [6.45, 7) is 3.55. The van der Waals surface area contributed by atoms with Crippen molar-refractivity contribution in [1.82, 2.24) is 0 Å². The summed E-state index contributed by atoms with van der Waals surface area (Å²) in [5.74, 6) is 0. The summed E-state index contributed by atoms with van der Waals surface area (Å²) in [5, 5.41) is 0. The van der Waals surface area contributed by atoms with Crippen molar-refractivity contribution in [3.63, 3.8) is 0 Å². The minimum absolute atomic E-state index is 0.308. The summed E-state index contributed by atoms with van der Waals surface area (Å²) in [6, 6.07) is 7.21. The molecule has 0 saturated carbocycles. The van der Waals surface area contributed by atoms with E-state index in [4.69, 9.17) is 4.79 Å². The first-order valence-corrected chi connectivity index (χ1v) is 6.41. The Bertz CT molecular complexity index is 533. The third-order valence-corrected chi connectivity index (χ3v) is 4.43. The summed E-state index contributed by atoms with van der Waals surface area (Å²) >= 11 is 0. The van der Waals surface area contributed by atoms with Gasteiger partial charge in [0, 0.05) is 0 Å². The lowest BCUT2D eigenvalue weighted by Gasteiger charge is -2.29. The normalized spacial score (nSPS) is 22.2. The van der Waals surface area contributed by atoms with Gasteiger partial charge < -0.3 is 4.79 Å². The predicted molar refractivity (Wildman–Crippen MR) is 66.1 cm³/mol. The highest BCUT2D eigenvalue weighted by molar-refractivity contribution is 7.86. The van der Waals surface area contributed by atoms with Crippen molar-refractivity contribution in [2.75, 3.05) is 0 Å². The van der Waals surface area contributed by atoms with Gasteiger partial charge >= 0.3 is 0 Å². The van der Waals surface area contributed by atoms with E-state index in [1.54, 1.807) is 25.1 Å². The SMILES string of the molecule is C=O.CC1(S(=O)(=O)O)CC=Cc2ccccc21. The molecule has 17 heavy (non-hydrogen) atoms. The van der Waals surface area contributed by atoms with Gasteiger partial charge in [-0.15, -0.1) is 0 Å². The predicted octanol–water partition coefficient (Wildman–Crippen LogP) is 2.02. The number of fused-ring (bicyclic) bond motifs is 1. The van der Waals surface area contributed by atoms with Crippen LogP contribution in [0.4, 0.5) is 0 Å². The molecule has 0 bridgehead atoms. The fourth-order valence-electron chi connectivity index (χ4n) is 1.89. The number of allylic oxidation sites excluding steroid dienone is 1. The Morgan fingerprint density at radius 1 is 1.29 bits per heavy atom. The van der Waals surface area contributed by atoms with E-state index in [1.807, 2.05) is 25.0 Å². The Kier molecular flexibility index (Phi) is 3.85. The van der Waals surface area contributed by atoms with Crippen LogP contribution in [0.5, 0.6) is 0 Å². The number of carbonyl (C=O) groups excluding carboxylic acids is 1. The third kappa shape index (κ3) is 2.30. The lowest BCUT2D eigenvalue weighted by atomic mass is 9.88. The molecule has 5 heteroatoms. The largest absolute Gasteiger partial charge is 0.307 e. The quantitative estimate of drug-likeness (QED) is 0.778. The molecule has 0 spiro atoms. The molecule has 0 aromatic heterocycles. The Morgan fingerprint density at radius 2 is 1.88 bits per heavy atom. The molecule has 0 saturated heterocycles. The molecule has 1 aliphatic rings. The second-order valence-corrected chi connectivity index (χ2v) is 5.75. The van der Waals surface area contributed by atoms with Gasteiger partial charge in [0.25, 0.3) is 10.1 Å². The highest BCUT2D eigenvalue weighted by Gasteiger charge is 2.41. The minimum Gasteiger partial charge on any atom is -0.307 e. The molecule has 0 heterocycles. The van der Waals surface area contributed by atoms with Gasteiger partial charge in [0.2, 0.25) is 0 Å². The van der Waals surface area contributed by atoms with Gasteiger partial charge in [0.15, 0.2) is 0 Å². The highest BCUT2D eigenvalue weighted by Crippen LogP contribution is 2.39. The maximum absolute atomic E-state index is 11.4. The van der Waals surface area contributed by atoms with Crippen molar-refractivity contribution >= 4 is 23.0 Å². The molecule has 1 atom stereocenters. The zero-order chi connectivity index (χ0) is 13.1. The van der Waals surface area contributed by atoms with Crippen molar-refractivity contribution in [2.45, 2.75) is 18.1 Å². The van der Waals surface area contributed by atoms with Crippen LogP contribution in [0.3, 0.4) is 0 Å². The van der Waals surface area contributed by atoms with Crippen molar-refractivity contribution in [2.24, 2.45) is 0 Å². The summed E-state index contributed by atoms with van der Waals surface area (Å²) in [6.07, 6.45) is 3.96. The molecule has 1 aromatic rings. The molecule has 0 fully saturated rings. The fourth-order valence-corrected chi connectivity index (χ4v) is 2.66. The van der Waals surface area contributed by atoms with Crippen LogP contribution in [0.2, 0.25) is 0 Å². The molecule has 0 radical (unpaired) electrons. The van der Waals surface area contributed by atoms with E-state index < -0.39 is 14.9 Å². The highest BCUT2D eigenvalue weighted by atomic mass is 32.2. The summed E-state index contributed by atoms with van der Waals surface area (Å²) < 4.78 is 30.9. The smallest absolute Gasteiger partial charge is 0.274 e. The van der Waals surface area contributed by atoms with E-state index in [1.165, 1.54) is 0 Å². The summed E-state index contributed by atoms with van der Waals surface area (Å²) in [4.78, 5) is 8.00. The van der Waals surface area contributed by atoms with Crippen LogP contribution in [0.25, 0.3) is 6.08 Å². The van der Waals surface area contributed by atoms with Crippen molar-refractivity contribution in [1.29, 1.82) is 0 Å². The van der Waals surface area contributed by atoms with E-state index in [9.17, 15) is 13.0 Å². The molecule has 2 rings (SSSR count). The van der Waals surface area contributed by atoms with Gasteiger partial charge in [-0.05, 0) is 24.5 Å². The average molecular weight is 254 g/mol. The van der Waals surface area contributed by atoms with Crippen LogP contribution in [-0.2, 0) is 19.7 Å². The monoisotopic (exact) mass is 254 g/mol. The zero-order valence-corrected chi connectivity index (χ0v) is 10.3. The van der Waals surface area contributed by atoms with Gasteiger partial charge in [-0.25, -0.2) is 0 Å². The van der Waals surface area contributed by atoms with Gasteiger partial charge in [0.1, 0.15) is 11.5 Å². The van der Waals surface area contributed by atoms with Gasteiger partial charge in [-0.3, -0.25) is 4.55 Å². The van der Waals surface area contributed by atoms with Crippen molar-refractivity contribution in [3.05, 3.63) is 41.5 Å². The van der Waals surface area contributed by atoms with Crippen LogP contribution in [0, 0.1) is 0 Å². The Hall–Kier alpha value is -1.46. The van der Waals surface area contributed by atoms with E-state index in [0.717, 1.165) is 5.56 Å². The second-order valence-electron chi connectivity index (χ2n) is 3.90. The van der Waals surface area contributed by atoms with Crippen molar-refractivity contribution in [3.8, 4) is 0 Å². The molecule has 1 unspecified atom stereocenters. The summed E-state index contributed by atoms with van der Waals surface area (Å²) in [7, 11) is -4.09. The Labute approximate surface area is 101 Å². The number of rotatable bonds is 1. The minimum atomic E-state index is -4.09. The molecular weight excluding hydrogens is 240 g/mol. The maximum atomic E-state index is 11.4. The van der Waals surface area contributed by atoms with Gasteiger partial charge in [0.05, 0.1) is 0 Å². The standard InChI is InChI=1S/C11H12O3S.CH2O/c1-11(15(12,13)14)8-4-6-9-5-2-3-7-10(9)11;1-2/h2-7H,8H2,1H3,(H,12,13,14);1H2. The molecular formula is C12H14O4S. The molecule has 1 aliphatic carbocycles. The first-order chi connectivity index (χ1) is 7.95. The average Bonchev–Trinajstić information content (AvgIpc) is 2.31. The first kappa shape index (κ1) is 13.6. The van der Waals surface area contributed by atoms with Crippen LogP contribution in [0.15, 0.2) is 30.3 Å². The van der Waals surface area contributed by atoms with Crippen LogP contribution >= 0.6 is 0 Å². The second kappa shape index (κ2) is 4.81.